The van der Waals surface area contributed by atoms with Crippen LogP contribution in [0.15, 0.2) is 47.4 Å². The first kappa shape index (κ1) is 22.4. The zero-order valence-electron chi connectivity index (χ0n) is 17.6. The van der Waals surface area contributed by atoms with Gasteiger partial charge in [-0.15, -0.1) is 0 Å². The molecule has 0 saturated heterocycles. The first-order chi connectivity index (χ1) is 15.3. The first-order valence-corrected chi connectivity index (χ1v) is 12.6. The monoisotopic (exact) mass is 473 g/mol. The normalized spacial score (nSPS) is 13.9. The van der Waals surface area contributed by atoms with Gasteiger partial charge in [-0.05, 0) is 68.1 Å². The third kappa shape index (κ3) is 4.38. The fourth-order valence-electron chi connectivity index (χ4n) is 3.91. The van der Waals surface area contributed by atoms with Crippen LogP contribution in [-0.2, 0) is 22.7 Å². The Bertz CT molecular complexity index is 1270. The summed E-state index contributed by atoms with van der Waals surface area (Å²) in [6.45, 7) is 1.54. The Hall–Kier alpha value is -2.84. The van der Waals surface area contributed by atoms with E-state index in [1.54, 1.807) is 23.7 Å². The molecule has 0 atom stereocenters. The summed E-state index contributed by atoms with van der Waals surface area (Å²) >= 11 is 6.02. The number of nitrogens with zero attached hydrogens (tertiary/aromatic N) is 2. The highest BCUT2D eigenvalue weighted by atomic mass is 35.5. The van der Waals surface area contributed by atoms with Crippen LogP contribution in [0.4, 0.5) is 5.69 Å². The lowest BCUT2D eigenvalue weighted by Gasteiger charge is -2.09. The second-order valence-electron chi connectivity index (χ2n) is 7.76. The molecule has 0 saturated carbocycles. The lowest BCUT2D eigenvalue weighted by Crippen LogP contribution is -2.15. The van der Waals surface area contributed by atoms with Crippen molar-refractivity contribution in [3.8, 4) is 11.4 Å². The van der Waals surface area contributed by atoms with Crippen LogP contribution in [0.5, 0.6) is 5.75 Å². The van der Waals surface area contributed by atoms with Crippen LogP contribution in [0, 0.1) is 0 Å². The Morgan fingerprint density at radius 2 is 1.84 bits per heavy atom. The Balaban J connectivity index is 1.73. The number of sulfone groups is 1. The van der Waals surface area contributed by atoms with Gasteiger partial charge in [0.2, 0.25) is 0 Å². The van der Waals surface area contributed by atoms with E-state index in [9.17, 15) is 18.3 Å². The molecule has 3 aromatic rings. The van der Waals surface area contributed by atoms with Crippen molar-refractivity contribution in [2.24, 2.45) is 0 Å². The fourth-order valence-corrected chi connectivity index (χ4v) is 4.94. The highest BCUT2D eigenvalue weighted by Gasteiger charge is 2.26. The minimum Gasteiger partial charge on any atom is -0.506 e. The first-order valence-electron chi connectivity index (χ1n) is 10.5. The quantitative estimate of drug-likeness (QED) is 0.418. The number of amides is 1. The molecular weight excluding hydrogens is 450 g/mol. The van der Waals surface area contributed by atoms with Crippen molar-refractivity contribution in [1.82, 2.24) is 9.78 Å². The lowest BCUT2D eigenvalue weighted by atomic mass is 10.1. The molecule has 0 aliphatic heterocycles. The predicted octanol–water partition coefficient (Wildman–Crippen LogP) is 4.55. The summed E-state index contributed by atoms with van der Waals surface area (Å²) in [7, 11) is -3.49. The maximum atomic E-state index is 13.2. The Kier molecular flexibility index (Phi) is 6.26. The number of anilines is 1. The number of carbonyl (C=O) groups is 1. The topological polar surface area (TPSA) is 101 Å². The smallest absolute Gasteiger partial charge is 0.276 e. The molecule has 1 heterocycles. The number of phenols is 1. The van der Waals surface area contributed by atoms with Crippen molar-refractivity contribution in [2.75, 3.05) is 11.1 Å². The van der Waals surface area contributed by atoms with Crippen LogP contribution in [0.25, 0.3) is 5.69 Å². The molecule has 0 radical (unpaired) electrons. The molecule has 0 spiro atoms. The Morgan fingerprint density at radius 3 is 2.56 bits per heavy atom. The summed E-state index contributed by atoms with van der Waals surface area (Å²) in [6, 6.07) is 11.1. The summed E-state index contributed by atoms with van der Waals surface area (Å²) in [4.78, 5) is 13.3. The number of hydrogen-bond donors (Lipinski definition) is 2. The van der Waals surface area contributed by atoms with Gasteiger partial charge in [-0.1, -0.05) is 24.9 Å². The zero-order chi connectivity index (χ0) is 22.9. The van der Waals surface area contributed by atoms with E-state index in [0.29, 0.717) is 5.02 Å². The summed E-state index contributed by atoms with van der Waals surface area (Å²) in [5, 5.41) is 18.1. The Morgan fingerprint density at radius 1 is 1.12 bits per heavy atom. The number of aromatic nitrogens is 2. The predicted molar refractivity (Wildman–Crippen MR) is 124 cm³/mol. The number of nitrogens with one attached hydrogen (secondary N) is 1. The lowest BCUT2D eigenvalue weighted by molar-refractivity contribution is 0.102. The van der Waals surface area contributed by atoms with Crippen LogP contribution in [0.3, 0.4) is 0 Å². The third-order valence-corrected chi connectivity index (χ3v) is 7.66. The number of carbonyl (C=O) groups excluding carboxylic acids is 1. The van der Waals surface area contributed by atoms with E-state index in [1.165, 1.54) is 18.2 Å². The van der Waals surface area contributed by atoms with E-state index < -0.39 is 15.7 Å². The SMILES string of the molecule is CCS(=O)(=O)c1ccc(O)c(NC(=O)c2nn(-c3ccc(Cl)cc3)c3c2CCCCC3)c1. The number of fused-ring (bicyclic) bond motifs is 1. The van der Waals surface area contributed by atoms with Gasteiger partial charge in [0.05, 0.1) is 22.0 Å². The van der Waals surface area contributed by atoms with Gasteiger partial charge in [-0.25, -0.2) is 13.1 Å². The van der Waals surface area contributed by atoms with E-state index in [2.05, 4.69) is 10.4 Å². The van der Waals surface area contributed by atoms with Crippen molar-refractivity contribution in [1.29, 1.82) is 0 Å². The summed E-state index contributed by atoms with van der Waals surface area (Å²) < 4.78 is 26.2. The number of halogens is 1. The molecule has 168 valence electrons. The number of hydrogen-bond acceptors (Lipinski definition) is 5. The molecule has 2 aromatic carbocycles. The van der Waals surface area contributed by atoms with Crippen molar-refractivity contribution in [3.05, 3.63) is 64.4 Å². The molecule has 1 aliphatic rings. The maximum absolute atomic E-state index is 13.2. The fraction of sp³-hybridized carbons (Fsp3) is 0.304. The molecule has 2 N–H and O–H groups in total. The molecule has 0 bridgehead atoms. The van der Waals surface area contributed by atoms with Gasteiger partial charge < -0.3 is 10.4 Å². The molecule has 1 aromatic heterocycles. The van der Waals surface area contributed by atoms with Crippen molar-refractivity contribution >= 4 is 33.0 Å². The molecule has 0 unspecified atom stereocenters. The van der Waals surface area contributed by atoms with Crippen molar-refractivity contribution in [2.45, 2.75) is 43.9 Å². The minimum absolute atomic E-state index is 0.0351. The molecule has 1 aliphatic carbocycles. The molecule has 0 fully saturated rings. The average molecular weight is 474 g/mol. The molecule has 7 nitrogen and oxygen atoms in total. The molecule has 1 amide bonds. The average Bonchev–Trinajstić information content (AvgIpc) is 2.97. The highest BCUT2D eigenvalue weighted by Crippen LogP contribution is 2.30. The van der Waals surface area contributed by atoms with Gasteiger partial charge >= 0.3 is 0 Å². The minimum atomic E-state index is -3.49. The summed E-state index contributed by atoms with van der Waals surface area (Å²) in [6.07, 6.45) is 4.55. The number of rotatable bonds is 5. The standard InChI is InChI=1S/C23H24ClN3O4S/c1-2-32(30,31)17-12-13-21(28)19(14-17)25-23(29)22-18-6-4-3-5-7-20(18)27(26-22)16-10-8-15(24)9-11-16/h8-14,28H,2-7H2,1H3,(H,25,29). The molecule has 9 heteroatoms. The Labute approximate surface area is 192 Å². The largest absolute Gasteiger partial charge is 0.506 e. The van der Waals surface area contributed by atoms with Gasteiger partial charge in [0, 0.05) is 16.3 Å². The van der Waals surface area contributed by atoms with Crippen LogP contribution in [0.1, 0.15) is 47.9 Å². The summed E-state index contributed by atoms with van der Waals surface area (Å²) in [5.41, 5.74) is 2.99. The van der Waals surface area contributed by atoms with E-state index in [4.69, 9.17) is 11.6 Å². The van der Waals surface area contributed by atoms with Gasteiger partial charge in [0.25, 0.3) is 5.91 Å². The van der Waals surface area contributed by atoms with Crippen LogP contribution in [0.2, 0.25) is 5.02 Å². The molecule has 32 heavy (non-hydrogen) atoms. The zero-order valence-corrected chi connectivity index (χ0v) is 19.2. The second-order valence-corrected chi connectivity index (χ2v) is 10.5. The van der Waals surface area contributed by atoms with E-state index in [0.717, 1.165) is 49.0 Å². The van der Waals surface area contributed by atoms with Crippen molar-refractivity contribution in [3.63, 3.8) is 0 Å². The van der Waals surface area contributed by atoms with E-state index in [-0.39, 0.29) is 27.8 Å². The maximum Gasteiger partial charge on any atom is 0.276 e. The van der Waals surface area contributed by atoms with Crippen LogP contribution >= 0.6 is 11.6 Å². The van der Waals surface area contributed by atoms with Crippen LogP contribution < -0.4 is 5.32 Å². The van der Waals surface area contributed by atoms with E-state index in [1.807, 2.05) is 12.1 Å². The summed E-state index contributed by atoms with van der Waals surface area (Å²) in [5.74, 6) is -0.779. The highest BCUT2D eigenvalue weighted by molar-refractivity contribution is 7.91. The second kappa shape index (κ2) is 8.96. The molecular formula is C23H24ClN3O4S. The van der Waals surface area contributed by atoms with Crippen molar-refractivity contribution < 1.29 is 18.3 Å². The number of phenolic OH excluding ortho intramolecular Hbond substituents is 1. The number of aromatic hydroxyl groups is 1. The van der Waals surface area contributed by atoms with Gasteiger partial charge in [0.1, 0.15) is 5.75 Å². The molecule has 4 rings (SSSR count). The van der Waals surface area contributed by atoms with Crippen LogP contribution in [-0.4, -0.2) is 35.0 Å². The van der Waals surface area contributed by atoms with Gasteiger partial charge in [-0.2, -0.15) is 5.10 Å². The third-order valence-electron chi connectivity index (χ3n) is 5.67. The van der Waals surface area contributed by atoms with Gasteiger partial charge in [0.15, 0.2) is 15.5 Å². The van der Waals surface area contributed by atoms with E-state index >= 15 is 0 Å². The number of benzene rings is 2. The van der Waals surface area contributed by atoms with Gasteiger partial charge in [-0.3, -0.25) is 4.79 Å².